The first-order valence-electron chi connectivity index (χ1n) is 10.9. The summed E-state index contributed by atoms with van der Waals surface area (Å²) in [7, 11) is 0. The second-order valence-electron chi connectivity index (χ2n) is 8.42. The van der Waals surface area contributed by atoms with Gasteiger partial charge in [-0.1, -0.05) is 12.1 Å². The number of likely N-dealkylation sites (tertiary alicyclic amines) is 1. The standard InChI is InChI=1S/C23H26N4O2S2/c1-13(21(29)26-23-19(20(24)28)15-5-4-8-17(15)30-23)27-11-9-14(10-12-27)22-25-16-6-2-3-7-18(16)31-22/h2-3,6-7,13-14H,4-5,8-12H2,1H3,(H2,24,28)(H,26,29)/t13-/m1/s1. The van der Waals surface area contributed by atoms with E-state index in [0.717, 1.165) is 56.3 Å². The Morgan fingerprint density at radius 2 is 1.97 bits per heavy atom. The van der Waals surface area contributed by atoms with Gasteiger partial charge in [-0.05, 0) is 69.8 Å². The number of benzene rings is 1. The Labute approximate surface area is 189 Å². The van der Waals surface area contributed by atoms with Crippen molar-refractivity contribution in [3.8, 4) is 0 Å². The van der Waals surface area contributed by atoms with Crippen LogP contribution in [0.5, 0.6) is 0 Å². The van der Waals surface area contributed by atoms with Crippen LogP contribution in [-0.4, -0.2) is 40.8 Å². The lowest BCUT2D eigenvalue weighted by atomic mass is 9.96. The average molecular weight is 455 g/mol. The largest absolute Gasteiger partial charge is 0.365 e. The SMILES string of the molecule is C[C@H](C(=O)Nc1sc2c(c1C(N)=O)CCC2)N1CCC(c2nc3ccccc3s2)CC1. The van der Waals surface area contributed by atoms with Gasteiger partial charge in [0.05, 0.1) is 26.8 Å². The number of carbonyl (C=O) groups is 2. The maximum atomic E-state index is 13.0. The maximum absolute atomic E-state index is 13.0. The van der Waals surface area contributed by atoms with E-state index in [4.69, 9.17) is 10.7 Å². The zero-order valence-electron chi connectivity index (χ0n) is 17.5. The van der Waals surface area contributed by atoms with E-state index in [1.54, 1.807) is 11.3 Å². The third kappa shape index (κ3) is 3.88. The number of nitrogens with one attached hydrogen (secondary N) is 1. The first kappa shape index (κ1) is 20.6. The Kier molecular flexibility index (Phi) is 5.54. The zero-order chi connectivity index (χ0) is 21.5. The fourth-order valence-corrected chi connectivity index (χ4v) is 7.17. The molecule has 1 aliphatic heterocycles. The van der Waals surface area contributed by atoms with Gasteiger partial charge in [0, 0.05) is 10.8 Å². The average Bonchev–Trinajstić information content (AvgIpc) is 3.47. The molecule has 1 fully saturated rings. The summed E-state index contributed by atoms with van der Waals surface area (Å²) in [6.45, 7) is 3.66. The third-order valence-electron chi connectivity index (χ3n) is 6.52. The monoisotopic (exact) mass is 454 g/mol. The van der Waals surface area contributed by atoms with Gasteiger partial charge in [0.1, 0.15) is 5.00 Å². The summed E-state index contributed by atoms with van der Waals surface area (Å²) < 4.78 is 1.24. The number of rotatable bonds is 5. The molecule has 0 spiro atoms. The second-order valence-corrected chi connectivity index (χ2v) is 10.6. The van der Waals surface area contributed by atoms with Crippen LogP contribution < -0.4 is 11.1 Å². The molecular weight excluding hydrogens is 428 g/mol. The summed E-state index contributed by atoms with van der Waals surface area (Å²) in [6, 6.07) is 8.02. The van der Waals surface area contributed by atoms with E-state index >= 15 is 0 Å². The molecule has 162 valence electrons. The lowest BCUT2D eigenvalue weighted by molar-refractivity contribution is -0.121. The zero-order valence-corrected chi connectivity index (χ0v) is 19.2. The molecule has 0 unspecified atom stereocenters. The van der Waals surface area contributed by atoms with Crippen molar-refractivity contribution in [1.82, 2.24) is 9.88 Å². The van der Waals surface area contributed by atoms with E-state index in [-0.39, 0.29) is 11.9 Å². The number of fused-ring (bicyclic) bond motifs is 2. The maximum Gasteiger partial charge on any atom is 0.251 e. The van der Waals surface area contributed by atoms with Gasteiger partial charge in [-0.2, -0.15) is 0 Å². The predicted molar refractivity (Wildman–Crippen MR) is 126 cm³/mol. The predicted octanol–water partition coefficient (Wildman–Crippen LogP) is 4.15. The summed E-state index contributed by atoms with van der Waals surface area (Å²) in [5, 5.41) is 4.84. The normalized spacial score (nSPS) is 18.2. The summed E-state index contributed by atoms with van der Waals surface area (Å²) in [4.78, 5) is 33.2. The van der Waals surface area contributed by atoms with Crippen molar-refractivity contribution < 1.29 is 9.59 Å². The highest BCUT2D eigenvalue weighted by Gasteiger charge is 2.31. The minimum atomic E-state index is -0.445. The first-order chi connectivity index (χ1) is 15.0. The number of aromatic nitrogens is 1. The van der Waals surface area contributed by atoms with Crippen LogP contribution >= 0.6 is 22.7 Å². The summed E-state index contributed by atoms with van der Waals surface area (Å²) in [5.41, 5.74) is 8.26. The van der Waals surface area contributed by atoms with Gasteiger partial charge >= 0.3 is 0 Å². The highest BCUT2D eigenvalue weighted by atomic mass is 32.1. The van der Waals surface area contributed by atoms with E-state index in [2.05, 4.69) is 28.4 Å². The van der Waals surface area contributed by atoms with Crippen LogP contribution in [0.15, 0.2) is 24.3 Å². The highest BCUT2D eigenvalue weighted by Crippen LogP contribution is 2.39. The van der Waals surface area contributed by atoms with Gasteiger partial charge in [-0.3, -0.25) is 14.5 Å². The van der Waals surface area contributed by atoms with Gasteiger partial charge in [0.15, 0.2) is 0 Å². The quantitative estimate of drug-likeness (QED) is 0.606. The van der Waals surface area contributed by atoms with Crippen LogP contribution in [0.2, 0.25) is 0 Å². The van der Waals surface area contributed by atoms with Gasteiger partial charge in [0.25, 0.3) is 5.91 Å². The number of amides is 2. The fourth-order valence-electron chi connectivity index (χ4n) is 4.73. The van der Waals surface area contributed by atoms with Crippen LogP contribution in [0.1, 0.15) is 57.9 Å². The number of anilines is 1. The number of thiophene rings is 1. The Bertz CT molecular complexity index is 1110. The number of thiazole rings is 1. The summed E-state index contributed by atoms with van der Waals surface area (Å²) >= 11 is 3.30. The molecule has 1 aliphatic carbocycles. The van der Waals surface area contributed by atoms with E-state index in [1.807, 2.05) is 13.0 Å². The minimum Gasteiger partial charge on any atom is -0.365 e. The Hall–Kier alpha value is -2.29. The number of hydrogen-bond acceptors (Lipinski definition) is 6. The molecule has 2 aromatic heterocycles. The molecule has 1 saturated heterocycles. The van der Waals surface area contributed by atoms with Crippen molar-refractivity contribution in [2.75, 3.05) is 18.4 Å². The molecule has 3 heterocycles. The molecule has 0 radical (unpaired) electrons. The molecule has 3 N–H and O–H groups in total. The number of nitrogens with zero attached hydrogens (tertiary/aromatic N) is 2. The summed E-state index contributed by atoms with van der Waals surface area (Å²) in [5.74, 6) is -0.0643. The number of nitrogens with two attached hydrogens (primary N) is 1. The molecule has 2 amide bonds. The molecule has 1 aromatic carbocycles. The molecule has 3 aromatic rings. The molecule has 1 atom stereocenters. The number of primary amides is 1. The van der Waals surface area contributed by atoms with E-state index in [9.17, 15) is 9.59 Å². The number of aryl methyl sites for hydroxylation is 1. The molecule has 0 saturated carbocycles. The van der Waals surface area contributed by atoms with Crippen LogP contribution in [0.25, 0.3) is 10.2 Å². The van der Waals surface area contributed by atoms with Crippen molar-refractivity contribution in [3.63, 3.8) is 0 Å². The molecular formula is C23H26N4O2S2. The Balaban J connectivity index is 1.23. The second kappa shape index (κ2) is 8.33. The van der Waals surface area contributed by atoms with Crippen LogP contribution in [0, 0.1) is 0 Å². The number of piperidine rings is 1. The first-order valence-corrected chi connectivity index (χ1v) is 12.5. The molecule has 0 bridgehead atoms. The fraction of sp³-hybridized carbons (Fsp3) is 0.435. The lowest BCUT2D eigenvalue weighted by Gasteiger charge is -2.34. The van der Waals surface area contributed by atoms with Crippen molar-refractivity contribution >= 4 is 49.7 Å². The number of carbonyl (C=O) groups excluding carboxylic acids is 2. The van der Waals surface area contributed by atoms with Crippen LogP contribution in [0.3, 0.4) is 0 Å². The van der Waals surface area contributed by atoms with Gasteiger partial charge in [0.2, 0.25) is 5.91 Å². The Morgan fingerprint density at radius 3 is 2.71 bits per heavy atom. The van der Waals surface area contributed by atoms with Crippen LogP contribution in [-0.2, 0) is 17.6 Å². The van der Waals surface area contributed by atoms with E-state index in [1.165, 1.54) is 25.9 Å². The van der Waals surface area contributed by atoms with Crippen molar-refractivity contribution in [3.05, 3.63) is 45.3 Å². The van der Waals surface area contributed by atoms with Crippen molar-refractivity contribution in [2.24, 2.45) is 5.73 Å². The van der Waals surface area contributed by atoms with Gasteiger partial charge in [-0.15, -0.1) is 22.7 Å². The topological polar surface area (TPSA) is 88.3 Å². The smallest absolute Gasteiger partial charge is 0.251 e. The van der Waals surface area contributed by atoms with Crippen molar-refractivity contribution in [2.45, 2.75) is 51.0 Å². The van der Waals surface area contributed by atoms with Gasteiger partial charge in [-0.25, -0.2) is 4.98 Å². The Morgan fingerprint density at radius 1 is 1.19 bits per heavy atom. The van der Waals surface area contributed by atoms with Gasteiger partial charge < -0.3 is 11.1 Å². The lowest BCUT2D eigenvalue weighted by Crippen LogP contribution is -2.45. The molecule has 6 nitrogen and oxygen atoms in total. The summed E-state index contributed by atoms with van der Waals surface area (Å²) in [6.07, 6.45) is 4.88. The number of hydrogen-bond donors (Lipinski definition) is 2. The van der Waals surface area contributed by atoms with E-state index < -0.39 is 5.91 Å². The minimum absolute atomic E-state index is 0.0686. The molecule has 8 heteroatoms. The van der Waals surface area contributed by atoms with Crippen molar-refractivity contribution in [1.29, 1.82) is 0 Å². The highest BCUT2D eigenvalue weighted by molar-refractivity contribution is 7.18. The third-order valence-corrected chi connectivity index (χ3v) is 8.93. The van der Waals surface area contributed by atoms with Crippen LogP contribution in [0.4, 0.5) is 5.00 Å². The molecule has 2 aliphatic rings. The molecule has 5 rings (SSSR count). The number of para-hydroxylation sites is 1. The molecule has 31 heavy (non-hydrogen) atoms. The van der Waals surface area contributed by atoms with E-state index in [0.29, 0.717) is 16.5 Å².